The van der Waals surface area contributed by atoms with Gasteiger partial charge in [0.2, 0.25) is 5.91 Å². The largest absolute Gasteiger partial charge is 0.339 e. The van der Waals surface area contributed by atoms with Gasteiger partial charge in [-0.1, -0.05) is 42.5 Å². The molecular weight excluding hydrogens is 338 g/mol. The molecule has 0 aliphatic rings. The van der Waals surface area contributed by atoms with Gasteiger partial charge in [0.05, 0.1) is 17.3 Å². The van der Waals surface area contributed by atoms with Crippen molar-refractivity contribution in [2.45, 2.75) is 47.1 Å². The molecule has 144 valence electrons. The van der Waals surface area contributed by atoms with Crippen LogP contribution in [0.2, 0.25) is 0 Å². The smallest absolute Gasteiger partial charge is 0.224 e. The average Bonchev–Trinajstić information content (AvgIpc) is 2.94. The van der Waals surface area contributed by atoms with Crippen LogP contribution >= 0.6 is 0 Å². The van der Waals surface area contributed by atoms with E-state index in [0.717, 1.165) is 17.0 Å². The molecule has 0 N–H and O–H groups in total. The highest BCUT2D eigenvalue weighted by Gasteiger charge is 2.21. The summed E-state index contributed by atoms with van der Waals surface area (Å²) in [5.74, 6) is 0.0932. The highest BCUT2D eigenvalue weighted by Crippen LogP contribution is 2.20. The van der Waals surface area contributed by atoms with E-state index in [0.29, 0.717) is 25.1 Å². The summed E-state index contributed by atoms with van der Waals surface area (Å²) in [4.78, 5) is 26.3. The highest BCUT2D eigenvalue weighted by molar-refractivity contribution is 5.96. The van der Waals surface area contributed by atoms with Crippen LogP contribution in [-0.4, -0.2) is 39.5 Å². The molecule has 0 spiro atoms. The summed E-state index contributed by atoms with van der Waals surface area (Å²) in [6.45, 7) is 10.5. The lowest BCUT2D eigenvalue weighted by Crippen LogP contribution is -2.32. The van der Waals surface area contributed by atoms with Gasteiger partial charge in [0.15, 0.2) is 5.78 Å². The Hall–Kier alpha value is -2.69. The number of aromatic nitrogens is 2. The van der Waals surface area contributed by atoms with Gasteiger partial charge in [-0.3, -0.25) is 14.3 Å². The lowest BCUT2D eigenvalue weighted by atomic mass is 10.1. The predicted molar refractivity (Wildman–Crippen MR) is 109 cm³/mol. The van der Waals surface area contributed by atoms with E-state index in [1.807, 2.05) is 75.1 Å². The van der Waals surface area contributed by atoms with Crippen molar-refractivity contribution in [3.8, 4) is 0 Å². The predicted octanol–water partition coefficient (Wildman–Crippen LogP) is 4.22. The number of hydrogen-bond donors (Lipinski definition) is 0. The molecule has 2 rings (SSSR count). The average molecular weight is 367 g/mol. The number of ketones is 1. The molecule has 0 radical (unpaired) electrons. The summed E-state index contributed by atoms with van der Waals surface area (Å²) in [6, 6.07) is 9.94. The van der Waals surface area contributed by atoms with E-state index in [-0.39, 0.29) is 17.7 Å². The second-order valence-electron chi connectivity index (χ2n) is 6.85. The quantitative estimate of drug-likeness (QED) is 0.657. The fourth-order valence-electron chi connectivity index (χ4n) is 3.36. The summed E-state index contributed by atoms with van der Waals surface area (Å²) >= 11 is 0. The Balaban J connectivity index is 2.02. The van der Waals surface area contributed by atoms with E-state index in [1.165, 1.54) is 0 Å². The van der Waals surface area contributed by atoms with E-state index in [1.54, 1.807) is 11.6 Å². The number of Topliss-reactive ketones (excluding diaryl/α,β-unsaturated/α-hetero) is 1. The number of rotatable bonds is 8. The molecule has 0 saturated heterocycles. The molecule has 1 aromatic heterocycles. The summed E-state index contributed by atoms with van der Waals surface area (Å²) < 4.78 is 1.80. The molecule has 0 saturated carbocycles. The first-order valence-corrected chi connectivity index (χ1v) is 9.41. The Labute approximate surface area is 161 Å². The van der Waals surface area contributed by atoms with E-state index < -0.39 is 0 Å². The molecule has 1 heterocycles. The third kappa shape index (κ3) is 5.16. The first-order chi connectivity index (χ1) is 12.8. The number of carbonyl (C=O) groups excluding carboxylic acids is 2. The third-order valence-electron chi connectivity index (χ3n) is 4.73. The Morgan fingerprint density at radius 1 is 1.22 bits per heavy atom. The van der Waals surface area contributed by atoms with Crippen LogP contribution in [0.3, 0.4) is 0 Å². The Bertz CT molecular complexity index is 822. The monoisotopic (exact) mass is 367 g/mol. The van der Waals surface area contributed by atoms with Gasteiger partial charge in [-0.2, -0.15) is 5.10 Å². The van der Waals surface area contributed by atoms with Gasteiger partial charge < -0.3 is 4.90 Å². The normalized spacial score (nSPS) is 12.3. The Morgan fingerprint density at radius 3 is 2.44 bits per heavy atom. The fraction of sp³-hybridized carbons (Fsp3) is 0.409. The molecule has 1 amide bonds. The van der Waals surface area contributed by atoms with Gasteiger partial charge in [0, 0.05) is 25.2 Å². The first kappa shape index (κ1) is 20.6. The maximum atomic E-state index is 12.7. The molecule has 0 bridgehead atoms. The lowest BCUT2D eigenvalue weighted by Gasteiger charge is -2.22. The molecule has 2 aromatic rings. The van der Waals surface area contributed by atoms with E-state index >= 15 is 0 Å². The second kappa shape index (κ2) is 9.31. The number of hydrogen-bond acceptors (Lipinski definition) is 3. The second-order valence-corrected chi connectivity index (χ2v) is 6.85. The van der Waals surface area contributed by atoms with Gasteiger partial charge in [-0.05, 0) is 40.2 Å². The van der Waals surface area contributed by atoms with Crippen molar-refractivity contribution in [3.05, 3.63) is 58.9 Å². The van der Waals surface area contributed by atoms with Gasteiger partial charge in [-0.25, -0.2) is 0 Å². The summed E-state index contributed by atoms with van der Waals surface area (Å²) in [5.41, 5.74) is 3.32. The zero-order chi connectivity index (χ0) is 20.0. The van der Waals surface area contributed by atoms with Crippen LogP contribution in [0, 0.1) is 13.8 Å². The van der Waals surface area contributed by atoms with Crippen LogP contribution in [0.25, 0.3) is 6.08 Å². The number of aryl methyl sites for hydroxylation is 1. The van der Waals surface area contributed by atoms with Crippen LogP contribution in [0.4, 0.5) is 0 Å². The molecule has 0 aliphatic heterocycles. The molecular formula is C22H29N3O2. The molecule has 27 heavy (non-hydrogen) atoms. The van der Waals surface area contributed by atoms with Crippen molar-refractivity contribution in [2.24, 2.45) is 0 Å². The van der Waals surface area contributed by atoms with E-state index in [2.05, 4.69) is 5.10 Å². The number of carbonyl (C=O) groups is 2. The van der Waals surface area contributed by atoms with Crippen LogP contribution in [-0.2, 0) is 4.79 Å². The summed E-state index contributed by atoms with van der Waals surface area (Å²) in [7, 11) is 0. The SMILES string of the molecule is CCN(C/C=C/c1ccccc1)C(=O)C[C@H](C)n1nc(C)c(C(C)=O)c1C. The molecule has 1 atom stereocenters. The molecule has 0 aliphatic carbocycles. The van der Waals surface area contributed by atoms with Crippen molar-refractivity contribution in [3.63, 3.8) is 0 Å². The zero-order valence-corrected chi connectivity index (χ0v) is 16.9. The minimum absolute atomic E-state index is 0.0102. The third-order valence-corrected chi connectivity index (χ3v) is 4.73. The Morgan fingerprint density at radius 2 is 1.89 bits per heavy atom. The van der Waals surface area contributed by atoms with Crippen LogP contribution < -0.4 is 0 Å². The van der Waals surface area contributed by atoms with Crippen molar-refractivity contribution in [2.75, 3.05) is 13.1 Å². The number of benzene rings is 1. The van der Waals surface area contributed by atoms with Gasteiger partial charge in [0.1, 0.15) is 0 Å². The fourth-order valence-corrected chi connectivity index (χ4v) is 3.36. The van der Waals surface area contributed by atoms with Gasteiger partial charge in [-0.15, -0.1) is 0 Å². The lowest BCUT2D eigenvalue weighted by molar-refractivity contribution is -0.131. The highest BCUT2D eigenvalue weighted by atomic mass is 16.2. The van der Waals surface area contributed by atoms with Crippen molar-refractivity contribution < 1.29 is 9.59 Å². The van der Waals surface area contributed by atoms with Crippen molar-refractivity contribution in [1.29, 1.82) is 0 Å². The Kier molecular flexibility index (Phi) is 7.11. The zero-order valence-electron chi connectivity index (χ0n) is 16.9. The van der Waals surface area contributed by atoms with Gasteiger partial charge in [0.25, 0.3) is 0 Å². The maximum Gasteiger partial charge on any atom is 0.224 e. The topological polar surface area (TPSA) is 55.2 Å². The van der Waals surface area contributed by atoms with E-state index in [4.69, 9.17) is 0 Å². The number of nitrogens with zero attached hydrogens (tertiary/aromatic N) is 3. The van der Waals surface area contributed by atoms with Crippen molar-refractivity contribution >= 4 is 17.8 Å². The molecule has 5 nitrogen and oxygen atoms in total. The molecule has 0 fully saturated rings. The first-order valence-electron chi connectivity index (χ1n) is 9.41. The minimum atomic E-state index is -0.101. The van der Waals surface area contributed by atoms with Crippen LogP contribution in [0.5, 0.6) is 0 Å². The minimum Gasteiger partial charge on any atom is -0.339 e. The molecule has 5 heteroatoms. The molecule has 1 aromatic carbocycles. The standard InChI is InChI=1S/C22H29N3O2/c1-6-24(14-10-13-20-11-8-7-9-12-20)21(27)15-16(2)25-18(4)22(19(5)26)17(3)23-25/h7-13,16H,6,14-15H2,1-5H3/b13-10+/t16-/m0/s1. The summed E-state index contributed by atoms with van der Waals surface area (Å²) in [5, 5.41) is 4.48. The van der Waals surface area contributed by atoms with E-state index in [9.17, 15) is 9.59 Å². The molecule has 0 unspecified atom stereocenters. The number of amides is 1. The van der Waals surface area contributed by atoms with Crippen LogP contribution in [0.1, 0.15) is 60.5 Å². The van der Waals surface area contributed by atoms with Gasteiger partial charge >= 0.3 is 0 Å². The van der Waals surface area contributed by atoms with Crippen LogP contribution in [0.15, 0.2) is 36.4 Å². The van der Waals surface area contributed by atoms with Crippen molar-refractivity contribution in [1.82, 2.24) is 14.7 Å². The summed E-state index contributed by atoms with van der Waals surface area (Å²) in [6.07, 6.45) is 4.39. The maximum absolute atomic E-state index is 12.7. The number of likely N-dealkylation sites (N-methyl/N-ethyl adjacent to an activating group) is 1.